The Hall–Kier alpha value is -0.940. The zero-order valence-corrected chi connectivity index (χ0v) is 14.0. The van der Waals surface area contributed by atoms with Crippen molar-refractivity contribution in [2.45, 2.75) is 33.6 Å². The maximum Gasteiger partial charge on any atom is 0.162 e. The molecule has 0 aliphatic heterocycles. The normalized spacial score (nSPS) is 11.1. The third-order valence-corrected chi connectivity index (χ3v) is 4.51. The second kappa shape index (κ2) is 6.01. The van der Waals surface area contributed by atoms with Crippen molar-refractivity contribution >= 4 is 33.1 Å². The molecule has 2 rings (SSSR count). The molecule has 0 spiro atoms. The molecule has 2 aromatic rings. The minimum Gasteiger partial charge on any atom is -0.369 e. The summed E-state index contributed by atoms with van der Waals surface area (Å²) in [7, 11) is 0. The molecule has 5 heteroatoms. The molecule has 0 aliphatic carbocycles. The molecule has 0 saturated heterocycles. The zero-order valence-electron chi connectivity index (χ0n) is 11.6. The molecule has 0 unspecified atom stereocenters. The predicted molar refractivity (Wildman–Crippen MR) is 86.0 cm³/mol. The van der Waals surface area contributed by atoms with E-state index in [9.17, 15) is 0 Å². The van der Waals surface area contributed by atoms with Crippen molar-refractivity contribution in [3.05, 3.63) is 26.5 Å². The Morgan fingerprint density at radius 3 is 2.58 bits per heavy atom. The largest absolute Gasteiger partial charge is 0.369 e. The first-order valence-corrected chi connectivity index (χ1v) is 8.12. The highest BCUT2D eigenvalue weighted by molar-refractivity contribution is 9.10. The fourth-order valence-corrected chi connectivity index (χ4v) is 3.44. The van der Waals surface area contributed by atoms with Gasteiger partial charge in [-0.3, -0.25) is 0 Å². The van der Waals surface area contributed by atoms with E-state index < -0.39 is 0 Å². The van der Waals surface area contributed by atoms with Crippen LogP contribution in [-0.4, -0.2) is 16.5 Å². The van der Waals surface area contributed by atoms with Gasteiger partial charge >= 0.3 is 0 Å². The van der Waals surface area contributed by atoms with Gasteiger partial charge in [-0.05, 0) is 46.6 Å². The van der Waals surface area contributed by atoms with Crippen molar-refractivity contribution in [1.82, 2.24) is 9.97 Å². The summed E-state index contributed by atoms with van der Waals surface area (Å²) in [6.45, 7) is 9.30. The van der Waals surface area contributed by atoms with Gasteiger partial charge in [0.05, 0.1) is 10.2 Å². The van der Waals surface area contributed by atoms with Gasteiger partial charge < -0.3 is 5.32 Å². The maximum absolute atomic E-state index is 4.73. The molecule has 0 amide bonds. The highest BCUT2D eigenvalue weighted by Gasteiger charge is 2.16. The van der Waals surface area contributed by atoms with E-state index in [4.69, 9.17) is 4.98 Å². The van der Waals surface area contributed by atoms with Gasteiger partial charge in [0.15, 0.2) is 5.82 Å². The van der Waals surface area contributed by atoms with Crippen LogP contribution in [0.2, 0.25) is 0 Å². The Labute approximate surface area is 126 Å². The third kappa shape index (κ3) is 2.98. The molecule has 2 heterocycles. The molecular formula is C14H18BrN3S. The van der Waals surface area contributed by atoms with E-state index in [1.807, 2.05) is 0 Å². The Bertz CT molecular complexity index is 578. The number of aryl methyl sites for hydroxylation is 1. The fraction of sp³-hybridized carbons (Fsp3) is 0.429. The monoisotopic (exact) mass is 339 g/mol. The number of nitrogens with zero attached hydrogens (tertiary/aromatic N) is 2. The molecule has 0 atom stereocenters. The summed E-state index contributed by atoms with van der Waals surface area (Å²) >= 11 is 5.30. The highest BCUT2D eigenvalue weighted by Crippen LogP contribution is 2.33. The average molecular weight is 340 g/mol. The summed E-state index contributed by atoms with van der Waals surface area (Å²) in [4.78, 5) is 9.37. The van der Waals surface area contributed by atoms with Crippen molar-refractivity contribution in [3.8, 4) is 11.4 Å². The summed E-state index contributed by atoms with van der Waals surface area (Å²) in [6, 6.07) is 0. The van der Waals surface area contributed by atoms with Crippen molar-refractivity contribution in [3.63, 3.8) is 0 Å². The van der Waals surface area contributed by atoms with Crippen LogP contribution in [0, 0.1) is 6.92 Å². The van der Waals surface area contributed by atoms with Crippen LogP contribution in [-0.2, 0) is 0 Å². The molecule has 3 nitrogen and oxygen atoms in total. The van der Waals surface area contributed by atoms with E-state index in [2.05, 4.69) is 64.7 Å². The standard InChI is InChI=1S/C14H18BrN3S/c1-5-16-14-11(15)12(8(2)3)17-13(18-14)10-7-19-6-9(10)4/h6-8H,5H2,1-4H3,(H,16,17,18). The number of anilines is 1. The topological polar surface area (TPSA) is 37.8 Å². The quantitative estimate of drug-likeness (QED) is 0.866. The van der Waals surface area contributed by atoms with Gasteiger partial charge in [0.25, 0.3) is 0 Å². The van der Waals surface area contributed by atoms with Gasteiger partial charge in [-0.15, -0.1) is 0 Å². The zero-order chi connectivity index (χ0) is 14.0. The van der Waals surface area contributed by atoms with E-state index in [1.165, 1.54) is 5.56 Å². The first-order chi connectivity index (χ1) is 9.04. The van der Waals surface area contributed by atoms with Crippen LogP contribution in [0.3, 0.4) is 0 Å². The van der Waals surface area contributed by atoms with Gasteiger partial charge in [-0.1, -0.05) is 13.8 Å². The first kappa shape index (κ1) is 14.5. The fourth-order valence-electron chi connectivity index (χ4n) is 1.84. The van der Waals surface area contributed by atoms with Gasteiger partial charge in [-0.2, -0.15) is 11.3 Å². The van der Waals surface area contributed by atoms with Crippen molar-refractivity contribution in [2.24, 2.45) is 0 Å². The number of nitrogens with one attached hydrogen (secondary N) is 1. The molecule has 0 bridgehead atoms. The molecule has 0 fully saturated rings. The molecule has 0 aliphatic rings. The number of rotatable bonds is 4. The van der Waals surface area contributed by atoms with Crippen LogP contribution in [0.25, 0.3) is 11.4 Å². The second-order valence-corrected chi connectivity index (χ2v) is 6.29. The SMILES string of the molecule is CCNc1nc(-c2cscc2C)nc(C(C)C)c1Br. The van der Waals surface area contributed by atoms with E-state index in [1.54, 1.807) is 11.3 Å². The lowest BCUT2D eigenvalue weighted by Gasteiger charge is -2.14. The van der Waals surface area contributed by atoms with Crippen LogP contribution >= 0.6 is 27.3 Å². The smallest absolute Gasteiger partial charge is 0.162 e. The van der Waals surface area contributed by atoms with E-state index >= 15 is 0 Å². The lowest BCUT2D eigenvalue weighted by molar-refractivity contribution is 0.809. The summed E-state index contributed by atoms with van der Waals surface area (Å²) in [5.41, 5.74) is 3.40. The Morgan fingerprint density at radius 1 is 1.32 bits per heavy atom. The highest BCUT2D eigenvalue weighted by atomic mass is 79.9. The van der Waals surface area contributed by atoms with Crippen LogP contribution in [0.4, 0.5) is 5.82 Å². The number of hydrogen-bond donors (Lipinski definition) is 1. The predicted octanol–water partition coefficient (Wildman–Crippen LogP) is 4.83. The van der Waals surface area contributed by atoms with Crippen LogP contribution in [0.1, 0.15) is 37.9 Å². The van der Waals surface area contributed by atoms with Crippen LogP contribution < -0.4 is 5.32 Å². The van der Waals surface area contributed by atoms with Gasteiger partial charge in [0.2, 0.25) is 0 Å². The minimum atomic E-state index is 0.354. The van der Waals surface area contributed by atoms with Crippen LogP contribution in [0.5, 0.6) is 0 Å². The molecule has 2 aromatic heterocycles. The Balaban J connectivity index is 2.59. The molecular weight excluding hydrogens is 322 g/mol. The van der Waals surface area contributed by atoms with E-state index in [0.29, 0.717) is 5.92 Å². The molecule has 1 N–H and O–H groups in total. The lowest BCUT2D eigenvalue weighted by Crippen LogP contribution is -2.07. The van der Waals surface area contributed by atoms with Crippen molar-refractivity contribution in [2.75, 3.05) is 11.9 Å². The molecule has 102 valence electrons. The summed E-state index contributed by atoms with van der Waals surface area (Å²) in [6.07, 6.45) is 0. The summed E-state index contributed by atoms with van der Waals surface area (Å²) in [5.74, 6) is 2.04. The Morgan fingerprint density at radius 2 is 2.05 bits per heavy atom. The van der Waals surface area contributed by atoms with Crippen LogP contribution in [0.15, 0.2) is 15.2 Å². The number of hydrogen-bond acceptors (Lipinski definition) is 4. The number of halogens is 1. The van der Waals surface area contributed by atoms with E-state index in [0.717, 1.165) is 33.9 Å². The maximum atomic E-state index is 4.73. The lowest BCUT2D eigenvalue weighted by atomic mass is 10.1. The summed E-state index contributed by atoms with van der Waals surface area (Å²) in [5, 5.41) is 7.54. The molecule has 0 aromatic carbocycles. The first-order valence-electron chi connectivity index (χ1n) is 6.39. The number of aromatic nitrogens is 2. The minimum absolute atomic E-state index is 0.354. The Kier molecular flexibility index (Phi) is 4.58. The summed E-state index contributed by atoms with van der Waals surface area (Å²) < 4.78 is 0.973. The van der Waals surface area contributed by atoms with Crippen molar-refractivity contribution < 1.29 is 0 Å². The second-order valence-electron chi connectivity index (χ2n) is 4.75. The number of thiophene rings is 1. The van der Waals surface area contributed by atoms with Crippen molar-refractivity contribution in [1.29, 1.82) is 0 Å². The average Bonchev–Trinajstić information content (AvgIpc) is 2.78. The molecule has 0 radical (unpaired) electrons. The van der Waals surface area contributed by atoms with Gasteiger partial charge in [-0.25, -0.2) is 9.97 Å². The molecule has 19 heavy (non-hydrogen) atoms. The van der Waals surface area contributed by atoms with E-state index in [-0.39, 0.29) is 0 Å². The van der Waals surface area contributed by atoms with Gasteiger partial charge in [0, 0.05) is 17.5 Å². The van der Waals surface area contributed by atoms with Gasteiger partial charge in [0.1, 0.15) is 5.82 Å². The third-order valence-electron chi connectivity index (χ3n) is 2.86. The molecule has 0 saturated carbocycles.